The van der Waals surface area contributed by atoms with Crippen molar-refractivity contribution in [1.82, 2.24) is 4.57 Å². The molecule has 2 heteroatoms. The normalized spacial score (nSPS) is 11.0. The van der Waals surface area contributed by atoms with Crippen LogP contribution in [0.25, 0.3) is 27.5 Å². The van der Waals surface area contributed by atoms with Crippen molar-refractivity contribution in [1.29, 1.82) is 0 Å². The molecular formula is C21H17NO. The van der Waals surface area contributed by atoms with Crippen molar-refractivity contribution in [2.24, 2.45) is 0 Å². The van der Waals surface area contributed by atoms with E-state index in [1.807, 2.05) is 24.3 Å². The number of hydrogen-bond acceptors (Lipinski definition) is 1. The second-order valence-corrected chi connectivity index (χ2v) is 5.54. The van der Waals surface area contributed by atoms with E-state index in [2.05, 4.69) is 59.7 Å². The molecule has 0 radical (unpaired) electrons. The summed E-state index contributed by atoms with van der Waals surface area (Å²) < 4.78 is 7.47. The summed E-state index contributed by atoms with van der Waals surface area (Å²) >= 11 is 0. The molecule has 2 nitrogen and oxygen atoms in total. The highest BCUT2D eigenvalue weighted by molar-refractivity contribution is 6.10. The third-order valence-corrected chi connectivity index (χ3v) is 4.27. The quantitative estimate of drug-likeness (QED) is 0.499. The summed E-state index contributed by atoms with van der Waals surface area (Å²) in [5.41, 5.74) is 4.39. The van der Waals surface area contributed by atoms with Gasteiger partial charge in [0.1, 0.15) is 5.75 Å². The van der Waals surface area contributed by atoms with E-state index in [0.717, 1.165) is 17.0 Å². The van der Waals surface area contributed by atoms with Gasteiger partial charge in [-0.05, 0) is 42.0 Å². The molecule has 4 aromatic rings. The zero-order valence-electron chi connectivity index (χ0n) is 13.0. The van der Waals surface area contributed by atoms with E-state index >= 15 is 0 Å². The molecule has 0 saturated carbocycles. The van der Waals surface area contributed by atoms with Gasteiger partial charge in [0.25, 0.3) is 0 Å². The standard InChI is InChI=1S/C21H17NO/c1-15(16-11-13-17(23-2)14-12-16)22-20-9-5-3-7-18(20)19-8-4-6-10-21(19)22/h3-14H,1H2,2H3. The number of rotatable bonds is 3. The van der Waals surface area contributed by atoms with Gasteiger partial charge in [0, 0.05) is 16.5 Å². The van der Waals surface area contributed by atoms with Gasteiger partial charge in [-0.25, -0.2) is 0 Å². The minimum atomic E-state index is 0.851. The van der Waals surface area contributed by atoms with E-state index in [9.17, 15) is 0 Å². The highest BCUT2D eigenvalue weighted by Gasteiger charge is 2.12. The molecule has 4 rings (SSSR count). The summed E-state index contributed by atoms with van der Waals surface area (Å²) in [6.07, 6.45) is 0. The molecule has 0 unspecified atom stereocenters. The summed E-state index contributed by atoms with van der Waals surface area (Å²) in [5, 5.41) is 2.50. The van der Waals surface area contributed by atoms with Gasteiger partial charge in [-0.1, -0.05) is 43.0 Å². The third-order valence-electron chi connectivity index (χ3n) is 4.27. The van der Waals surface area contributed by atoms with E-state index < -0.39 is 0 Å². The van der Waals surface area contributed by atoms with Crippen LogP contribution in [0.4, 0.5) is 0 Å². The SMILES string of the molecule is C=C(c1ccc(OC)cc1)n1c2ccccc2c2ccccc21. The fourth-order valence-electron chi connectivity index (χ4n) is 3.13. The number of para-hydroxylation sites is 2. The molecule has 0 N–H and O–H groups in total. The van der Waals surface area contributed by atoms with Crippen molar-refractivity contribution < 1.29 is 4.74 Å². The van der Waals surface area contributed by atoms with Gasteiger partial charge >= 0.3 is 0 Å². The van der Waals surface area contributed by atoms with Crippen LogP contribution in [0.2, 0.25) is 0 Å². The Kier molecular flexibility index (Phi) is 3.16. The van der Waals surface area contributed by atoms with Gasteiger partial charge in [-0.2, -0.15) is 0 Å². The molecule has 0 aliphatic rings. The van der Waals surface area contributed by atoms with Crippen LogP contribution in [0.1, 0.15) is 5.56 Å². The Morgan fingerprint density at radius 3 is 1.83 bits per heavy atom. The molecule has 0 spiro atoms. The first kappa shape index (κ1) is 13.6. The lowest BCUT2D eigenvalue weighted by Gasteiger charge is -2.12. The van der Waals surface area contributed by atoms with Crippen LogP contribution in [0.3, 0.4) is 0 Å². The fraction of sp³-hybridized carbons (Fsp3) is 0.0476. The van der Waals surface area contributed by atoms with E-state index in [0.29, 0.717) is 0 Å². The van der Waals surface area contributed by atoms with Crippen LogP contribution in [0.15, 0.2) is 79.4 Å². The topological polar surface area (TPSA) is 14.2 Å². The lowest BCUT2D eigenvalue weighted by atomic mass is 10.1. The van der Waals surface area contributed by atoms with Crippen LogP contribution in [-0.2, 0) is 0 Å². The van der Waals surface area contributed by atoms with Crippen LogP contribution < -0.4 is 4.74 Å². The number of fused-ring (bicyclic) bond motifs is 3. The average Bonchev–Trinajstić information content (AvgIpc) is 2.96. The second kappa shape index (κ2) is 5.33. The third kappa shape index (κ3) is 2.11. The highest BCUT2D eigenvalue weighted by atomic mass is 16.5. The van der Waals surface area contributed by atoms with Crippen LogP contribution in [0, 0.1) is 0 Å². The zero-order valence-corrected chi connectivity index (χ0v) is 13.0. The van der Waals surface area contributed by atoms with Gasteiger partial charge < -0.3 is 9.30 Å². The van der Waals surface area contributed by atoms with Crippen molar-refractivity contribution in [3.05, 3.63) is 84.9 Å². The molecule has 0 aliphatic carbocycles. The van der Waals surface area contributed by atoms with Crippen molar-refractivity contribution in [3.8, 4) is 5.75 Å². The minimum absolute atomic E-state index is 0.851. The van der Waals surface area contributed by atoms with Gasteiger partial charge in [-0.15, -0.1) is 0 Å². The zero-order chi connectivity index (χ0) is 15.8. The first-order valence-electron chi connectivity index (χ1n) is 7.61. The van der Waals surface area contributed by atoms with Crippen molar-refractivity contribution in [2.75, 3.05) is 7.11 Å². The molecule has 0 bridgehead atoms. The van der Waals surface area contributed by atoms with Crippen molar-refractivity contribution >= 4 is 27.5 Å². The summed E-state index contributed by atoms with van der Waals surface area (Å²) in [6.45, 7) is 4.35. The van der Waals surface area contributed by atoms with Gasteiger partial charge in [0.2, 0.25) is 0 Å². The molecule has 0 atom stereocenters. The Morgan fingerprint density at radius 2 is 1.30 bits per heavy atom. The summed E-state index contributed by atoms with van der Waals surface area (Å²) in [6, 6.07) is 24.9. The number of hydrogen-bond donors (Lipinski definition) is 0. The summed E-state index contributed by atoms with van der Waals surface area (Å²) in [7, 11) is 1.68. The highest BCUT2D eigenvalue weighted by Crippen LogP contribution is 2.33. The van der Waals surface area contributed by atoms with Crippen LogP contribution in [0.5, 0.6) is 5.75 Å². The largest absolute Gasteiger partial charge is 0.497 e. The lowest BCUT2D eigenvalue weighted by molar-refractivity contribution is 0.415. The molecule has 0 saturated heterocycles. The molecule has 1 heterocycles. The Bertz CT molecular complexity index is 956. The first-order valence-corrected chi connectivity index (χ1v) is 7.61. The maximum absolute atomic E-state index is 5.24. The predicted octanol–water partition coefficient (Wildman–Crippen LogP) is 5.32. The predicted molar refractivity (Wildman–Crippen MR) is 96.9 cm³/mol. The van der Waals surface area contributed by atoms with E-state index in [1.54, 1.807) is 7.11 Å². The minimum Gasteiger partial charge on any atom is -0.497 e. The molecule has 3 aromatic carbocycles. The van der Waals surface area contributed by atoms with E-state index in [1.165, 1.54) is 21.8 Å². The Morgan fingerprint density at radius 1 is 0.783 bits per heavy atom. The van der Waals surface area contributed by atoms with E-state index in [4.69, 9.17) is 4.74 Å². The van der Waals surface area contributed by atoms with Gasteiger partial charge in [0.05, 0.1) is 18.1 Å². The molecule has 0 aliphatic heterocycles. The smallest absolute Gasteiger partial charge is 0.118 e. The molecule has 112 valence electrons. The summed E-state index contributed by atoms with van der Waals surface area (Å²) in [4.78, 5) is 0. The molecule has 0 fully saturated rings. The molecule has 23 heavy (non-hydrogen) atoms. The lowest BCUT2D eigenvalue weighted by Crippen LogP contribution is -1.97. The Hall–Kier alpha value is -3.00. The average molecular weight is 299 g/mol. The molecule has 0 amide bonds. The summed E-state index contributed by atoms with van der Waals surface area (Å²) in [5.74, 6) is 0.851. The van der Waals surface area contributed by atoms with Gasteiger partial charge in [0.15, 0.2) is 0 Å². The first-order chi connectivity index (χ1) is 11.3. The Balaban J connectivity index is 1.97. The Labute approximate surface area is 135 Å². The number of aromatic nitrogens is 1. The van der Waals surface area contributed by atoms with Crippen LogP contribution >= 0.6 is 0 Å². The fourth-order valence-corrected chi connectivity index (χ4v) is 3.13. The number of methoxy groups -OCH3 is 1. The van der Waals surface area contributed by atoms with Crippen LogP contribution in [-0.4, -0.2) is 11.7 Å². The van der Waals surface area contributed by atoms with Crippen molar-refractivity contribution in [2.45, 2.75) is 0 Å². The molecule has 1 aromatic heterocycles. The van der Waals surface area contributed by atoms with Crippen molar-refractivity contribution in [3.63, 3.8) is 0 Å². The maximum Gasteiger partial charge on any atom is 0.118 e. The number of nitrogens with zero attached hydrogens (tertiary/aromatic N) is 1. The van der Waals surface area contributed by atoms with E-state index in [-0.39, 0.29) is 0 Å². The number of benzene rings is 3. The second-order valence-electron chi connectivity index (χ2n) is 5.54. The number of ether oxygens (including phenoxy) is 1. The maximum atomic E-state index is 5.24. The van der Waals surface area contributed by atoms with Gasteiger partial charge in [-0.3, -0.25) is 0 Å². The monoisotopic (exact) mass is 299 g/mol. The molecular weight excluding hydrogens is 282 g/mol.